The summed E-state index contributed by atoms with van der Waals surface area (Å²) in [5.41, 5.74) is 1.70. The Balaban J connectivity index is 1.54. The van der Waals surface area contributed by atoms with Gasteiger partial charge in [0.05, 0.1) is 17.2 Å². The molecule has 0 aliphatic rings. The molecule has 2 heterocycles. The van der Waals surface area contributed by atoms with Gasteiger partial charge in [0.2, 0.25) is 5.91 Å². The van der Waals surface area contributed by atoms with Gasteiger partial charge in [-0.3, -0.25) is 14.2 Å². The second-order valence-corrected chi connectivity index (χ2v) is 5.95. The third-order valence-corrected chi connectivity index (χ3v) is 4.07. The van der Waals surface area contributed by atoms with Crippen LogP contribution in [0.3, 0.4) is 0 Å². The highest BCUT2D eigenvalue weighted by molar-refractivity contribution is 5.91. The molecular formula is C18H15N7O2. The first kappa shape index (κ1) is 16.6. The van der Waals surface area contributed by atoms with E-state index >= 15 is 0 Å². The number of aryl methyl sites for hydroxylation is 1. The summed E-state index contributed by atoms with van der Waals surface area (Å²) < 4.78 is 2.83. The van der Waals surface area contributed by atoms with Gasteiger partial charge in [0.25, 0.3) is 5.56 Å². The first-order chi connectivity index (χ1) is 13.1. The monoisotopic (exact) mass is 361 g/mol. The normalized spacial score (nSPS) is 10.9. The SMILES string of the molecule is Cn1nnnc1-c1cccc(NC(=O)Cn2cnc3ccccc3c2=O)c1. The molecule has 0 saturated heterocycles. The molecule has 0 aliphatic heterocycles. The third-order valence-electron chi connectivity index (χ3n) is 4.07. The van der Waals surface area contributed by atoms with Gasteiger partial charge in [-0.15, -0.1) is 5.10 Å². The zero-order valence-electron chi connectivity index (χ0n) is 14.4. The summed E-state index contributed by atoms with van der Waals surface area (Å²) in [6.07, 6.45) is 1.38. The van der Waals surface area contributed by atoms with Crippen LogP contribution in [0, 0.1) is 0 Å². The maximum absolute atomic E-state index is 12.5. The summed E-state index contributed by atoms with van der Waals surface area (Å²) in [6, 6.07) is 14.2. The lowest BCUT2D eigenvalue weighted by atomic mass is 10.2. The molecule has 0 spiro atoms. The molecule has 0 aliphatic carbocycles. The maximum atomic E-state index is 12.5. The Morgan fingerprint density at radius 1 is 1.15 bits per heavy atom. The molecule has 1 N–H and O–H groups in total. The zero-order valence-corrected chi connectivity index (χ0v) is 14.4. The number of carbonyl (C=O) groups is 1. The first-order valence-electron chi connectivity index (χ1n) is 8.18. The highest BCUT2D eigenvalue weighted by Gasteiger charge is 2.10. The number of rotatable bonds is 4. The van der Waals surface area contributed by atoms with Gasteiger partial charge in [-0.1, -0.05) is 24.3 Å². The number of tetrazole rings is 1. The van der Waals surface area contributed by atoms with Crippen LogP contribution in [0.25, 0.3) is 22.3 Å². The molecule has 1 amide bonds. The molecule has 0 atom stereocenters. The summed E-state index contributed by atoms with van der Waals surface area (Å²) in [5.74, 6) is 0.253. The summed E-state index contributed by atoms with van der Waals surface area (Å²) >= 11 is 0. The number of para-hydroxylation sites is 1. The molecule has 9 nitrogen and oxygen atoms in total. The second-order valence-electron chi connectivity index (χ2n) is 5.95. The predicted octanol–water partition coefficient (Wildman–Crippen LogP) is 1.23. The van der Waals surface area contributed by atoms with Crippen LogP contribution in [0.4, 0.5) is 5.69 Å². The molecule has 0 fully saturated rings. The number of hydrogen-bond acceptors (Lipinski definition) is 6. The number of nitrogens with one attached hydrogen (secondary N) is 1. The van der Waals surface area contributed by atoms with Gasteiger partial charge in [-0.2, -0.15) is 0 Å². The van der Waals surface area contributed by atoms with Gasteiger partial charge in [-0.05, 0) is 34.7 Å². The topological polar surface area (TPSA) is 108 Å². The van der Waals surface area contributed by atoms with E-state index in [-0.39, 0.29) is 18.0 Å². The van der Waals surface area contributed by atoms with Gasteiger partial charge in [0.1, 0.15) is 6.54 Å². The van der Waals surface area contributed by atoms with E-state index in [1.165, 1.54) is 10.9 Å². The van der Waals surface area contributed by atoms with E-state index in [1.807, 2.05) is 12.1 Å². The number of nitrogens with zero attached hydrogens (tertiary/aromatic N) is 6. The highest BCUT2D eigenvalue weighted by atomic mass is 16.2. The third kappa shape index (κ3) is 3.30. The van der Waals surface area contributed by atoms with E-state index in [0.29, 0.717) is 22.4 Å². The zero-order chi connectivity index (χ0) is 18.8. The summed E-state index contributed by atoms with van der Waals surface area (Å²) in [5, 5.41) is 14.6. The maximum Gasteiger partial charge on any atom is 0.261 e. The van der Waals surface area contributed by atoms with Crippen molar-refractivity contribution in [3.8, 4) is 11.4 Å². The van der Waals surface area contributed by atoms with Crippen LogP contribution in [-0.4, -0.2) is 35.7 Å². The first-order valence-corrected chi connectivity index (χ1v) is 8.18. The minimum Gasteiger partial charge on any atom is -0.325 e. The number of hydrogen-bond donors (Lipinski definition) is 1. The van der Waals surface area contributed by atoms with E-state index < -0.39 is 0 Å². The van der Waals surface area contributed by atoms with Gasteiger partial charge < -0.3 is 5.32 Å². The average molecular weight is 361 g/mol. The molecule has 4 rings (SSSR count). The Labute approximate surface area is 153 Å². The summed E-state index contributed by atoms with van der Waals surface area (Å²) in [4.78, 5) is 29.1. The van der Waals surface area contributed by atoms with Crippen LogP contribution in [0.5, 0.6) is 0 Å². The Morgan fingerprint density at radius 3 is 2.81 bits per heavy atom. The molecule has 0 unspecified atom stereocenters. The van der Waals surface area contributed by atoms with Gasteiger partial charge >= 0.3 is 0 Å². The largest absolute Gasteiger partial charge is 0.325 e. The van der Waals surface area contributed by atoms with E-state index in [9.17, 15) is 9.59 Å². The van der Waals surface area contributed by atoms with E-state index in [0.717, 1.165) is 5.56 Å². The fourth-order valence-electron chi connectivity index (χ4n) is 2.78. The van der Waals surface area contributed by atoms with Crippen molar-refractivity contribution < 1.29 is 4.79 Å². The van der Waals surface area contributed by atoms with Crippen molar-refractivity contribution in [3.63, 3.8) is 0 Å². The van der Waals surface area contributed by atoms with Crippen LogP contribution < -0.4 is 10.9 Å². The van der Waals surface area contributed by atoms with Gasteiger partial charge in [0.15, 0.2) is 5.82 Å². The molecule has 2 aromatic heterocycles. The molecular weight excluding hydrogens is 346 g/mol. The van der Waals surface area contributed by atoms with E-state index in [4.69, 9.17) is 0 Å². The van der Waals surface area contributed by atoms with E-state index in [1.54, 1.807) is 48.1 Å². The van der Waals surface area contributed by atoms with Gasteiger partial charge in [-0.25, -0.2) is 9.67 Å². The number of carbonyl (C=O) groups excluding carboxylic acids is 1. The van der Waals surface area contributed by atoms with Crippen molar-refractivity contribution in [1.82, 2.24) is 29.8 Å². The molecule has 0 saturated carbocycles. The van der Waals surface area contributed by atoms with Gasteiger partial charge in [0, 0.05) is 18.3 Å². The Morgan fingerprint density at radius 2 is 2.00 bits per heavy atom. The summed E-state index contributed by atoms with van der Waals surface area (Å²) in [6.45, 7) is -0.133. The average Bonchev–Trinajstić information content (AvgIpc) is 3.10. The van der Waals surface area contributed by atoms with Crippen molar-refractivity contribution in [2.75, 3.05) is 5.32 Å². The molecule has 0 radical (unpaired) electrons. The number of fused-ring (bicyclic) bond motifs is 1. The van der Waals surface area contributed by atoms with E-state index in [2.05, 4.69) is 25.8 Å². The molecule has 4 aromatic rings. The van der Waals surface area contributed by atoms with Crippen LogP contribution in [0.1, 0.15) is 0 Å². The molecule has 2 aromatic carbocycles. The lowest BCUT2D eigenvalue weighted by molar-refractivity contribution is -0.116. The smallest absolute Gasteiger partial charge is 0.261 e. The lowest BCUT2D eigenvalue weighted by Crippen LogP contribution is -2.27. The standard InChI is InChI=1S/C18H15N7O2/c1-24-17(21-22-23-24)12-5-4-6-13(9-12)20-16(26)10-25-11-19-15-8-3-2-7-14(15)18(25)27/h2-9,11H,10H2,1H3,(H,20,26). The van der Waals surface area contributed by atoms with Crippen molar-refractivity contribution in [3.05, 3.63) is 65.2 Å². The Hall–Kier alpha value is -3.88. The predicted molar refractivity (Wildman–Crippen MR) is 98.9 cm³/mol. The second kappa shape index (κ2) is 6.79. The quantitative estimate of drug-likeness (QED) is 0.586. The number of anilines is 1. The molecule has 27 heavy (non-hydrogen) atoms. The van der Waals surface area contributed by atoms with Crippen molar-refractivity contribution >= 4 is 22.5 Å². The number of aromatic nitrogens is 6. The molecule has 0 bridgehead atoms. The fourth-order valence-corrected chi connectivity index (χ4v) is 2.78. The molecule has 9 heteroatoms. The minimum atomic E-state index is -0.331. The summed E-state index contributed by atoms with van der Waals surface area (Å²) in [7, 11) is 1.74. The van der Waals surface area contributed by atoms with Crippen molar-refractivity contribution in [2.24, 2.45) is 7.05 Å². The van der Waals surface area contributed by atoms with Crippen LogP contribution in [0.2, 0.25) is 0 Å². The fraction of sp³-hybridized carbons (Fsp3) is 0.111. The Bertz CT molecular complexity index is 1200. The Kier molecular flexibility index (Phi) is 4.17. The minimum absolute atomic E-state index is 0.133. The van der Waals surface area contributed by atoms with Crippen LogP contribution >= 0.6 is 0 Å². The lowest BCUT2D eigenvalue weighted by Gasteiger charge is -2.09. The highest BCUT2D eigenvalue weighted by Crippen LogP contribution is 2.19. The van der Waals surface area contributed by atoms with Crippen molar-refractivity contribution in [2.45, 2.75) is 6.54 Å². The van der Waals surface area contributed by atoms with Crippen molar-refractivity contribution in [1.29, 1.82) is 0 Å². The van der Waals surface area contributed by atoms with Crippen LogP contribution in [-0.2, 0) is 18.4 Å². The van der Waals surface area contributed by atoms with Crippen LogP contribution in [0.15, 0.2) is 59.7 Å². The number of benzene rings is 2. The number of amides is 1. The molecule has 134 valence electrons.